The summed E-state index contributed by atoms with van der Waals surface area (Å²) in [7, 11) is 0. The van der Waals surface area contributed by atoms with Crippen LogP contribution >= 0.6 is 0 Å². The molecule has 0 aliphatic rings. The number of hydrogen-bond acceptors (Lipinski definition) is 9. The summed E-state index contributed by atoms with van der Waals surface area (Å²) in [5.74, 6) is -5.84. The largest absolute Gasteiger partial charge is 0.481 e. The normalized spacial score (nSPS) is 13.9. The van der Waals surface area contributed by atoms with Gasteiger partial charge in [0.25, 0.3) is 0 Å². The minimum atomic E-state index is -1.47. The number of rotatable bonds is 19. The zero-order chi connectivity index (χ0) is 28.7. The lowest BCUT2D eigenvalue weighted by Gasteiger charge is -2.25. The van der Waals surface area contributed by atoms with Crippen LogP contribution in [0.25, 0.3) is 0 Å². The predicted octanol–water partition coefficient (Wildman–Crippen LogP) is -2.92. The highest BCUT2D eigenvalue weighted by atomic mass is 16.4. The molecule has 0 bridgehead atoms. The van der Waals surface area contributed by atoms with Gasteiger partial charge in [-0.1, -0.05) is 6.42 Å². The first kappa shape index (κ1) is 32.0. The molecule has 0 saturated heterocycles. The summed E-state index contributed by atoms with van der Waals surface area (Å²) < 4.78 is 0. The van der Waals surface area contributed by atoms with E-state index in [1.54, 1.807) is 0 Å². The number of carboxylic acids is 2. The quantitative estimate of drug-likeness (QED) is 0.0801. The topological polar surface area (TPSA) is 286 Å². The van der Waals surface area contributed by atoms with E-state index in [1.807, 2.05) is 0 Å². The van der Waals surface area contributed by atoms with E-state index in [0.717, 1.165) is 0 Å². The van der Waals surface area contributed by atoms with Gasteiger partial charge in [-0.15, -0.1) is 0 Å². The van der Waals surface area contributed by atoms with Crippen LogP contribution in [0.15, 0.2) is 12.5 Å². The number of nitrogens with one attached hydrogen (secondary N) is 4. The van der Waals surface area contributed by atoms with Crippen molar-refractivity contribution in [3.8, 4) is 0 Å². The van der Waals surface area contributed by atoms with Crippen LogP contribution in [0.2, 0.25) is 0 Å². The van der Waals surface area contributed by atoms with Crippen LogP contribution < -0.4 is 33.2 Å². The van der Waals surface area contributed by atoms with Crippen LogP contribution in [-0.2, 0) is 35.2 Å². The number of nitrogens with zero attached hydrogens (tertiary/aromatic N) is 1. The van der Waals surface area contributed by atoms with E-state index in [4.69, 9.17) is 22.3 Å². The molecule has 38 heavy (non-hydrogen) atoms. The Morgan fingerprint density at radius 3 is 2.03 bits per heavy atom. The molecule has 212 valence electrons. The molecule has 4 amide bonds. The Balaban J connectivity index is 3.05. The van der Waals surface area contributed by atoms with Crippen molar-refractivity contribution < 1.29 is 39.0 Å². The van der Waals surface area contributed by atoms with Crippen LogP contribution in [0.3, 0.4) is 0 Å². The molecular weight excluding hydrogens is 504 g/mol. The van der Waals surface area contributed by atoms with Crippen LogP contribution in [0.5, 0.6) is 0 Å². The van der Waals surface area contributed by atoms with Crippen molar-refractivity contribution in [3.05, 3.63) is 18.2 Å². The van der Waals surface area contributed by atoms with Gasteiger partial charge in [0.1, 0.15) is 18.1 Å². The number of aromatic amines is 1. The van der Waals surface area contributed by atoms with Crippen LogP contribution in [-0.4, -0.2) is 86.5 Å². The number of aliphatic carboxylic acids is 2. The second-order valence-corrected chi connectivity index (χ2v) is 8.63. The van der Waals surface area contributed by atoms with Crippen molar-refractivity contribution in [2.75, 3.05) is 6.54 Å². The Hall–Kier alpha value is -4.05. The molecular formula is C22H36N8O8. The highest BCUT2D eigenvalue weighted by molar-refractivity contribution is 5.94. The van der Waals surface area contributed by atoms with Gasteiger partial charge in [0.2, 0.25) is 23.6 Å². The molecule has 16 heteroatoms. The summed E-state index contributed by atoms with van der Waals surface area (Å²) in [6, 6.07) is -5.13. The summed E-state index contributed by atoms with van der Waals surface area (Å²) in [5.41, 5.74) is 16.8. The van der Waals surface area contributed by atoms with Gasteiger partial charge in [-0.2, -0.15) is 0 Å². The Bertz CT molecular complexity index is 955. The van der Waals surface area contributed by atoms with Crippen molar-refractivity contribution in [1.29, 1.82) is 0 Å². The van der Waals surface area contributed by atoms with E-state index < -0.39 is 66.2 Å². The summed E-state index contributed by atoms with van der Waals surface area (Å²) in [4.78, 5) is 78.9. The molecule has 0 aliphatic heterocycles. The molecule has 0 aromatic carbocycles. The fourth-order valence-corrected chi connectivity index (χ4v) is 3.37. The van der Waals surface area contributed by atoms with E-state index in [1.165, 1.54) is 12.5 Å². The molecule has 0 aliphatic carbocycles. The highest BCUT2D eigenvalue weighted by Gasteiger charge is 2.31. The molecule has 12 N–H and O–H groups in total. The van der Waals surface area contributed by atoms with Crippen molar-refractivity contribution in [2.45, 2.75) is 75.5 Å². The zero-order valence-electron chi connectivity index (χ0n) is 20.9. The molecule has 0 spiro atoms. The van der Waals surface area contributed by atoms with Crippen LogP contribution in [0.4, 0.5) is 0 Å². The van der Waals surface area contributed by atoms with Gasteiger partial charge in [0.15, 0.2) is 0 Å². The monoisotopic (exact) mass is 540 g/mol. The lowest BCUT2D eigenvalue weighted by molar-refractivity contribution is -0.142. The van der Waals surface area contributed by atoms with E-state index in [9.17, 15) is 33.9 Å². The summed E-state index contributed by atoms with van der Waals surface area (Å²) in [6.07, 6.45) is 2.75. The number of hydrogen-bond donors (Lipinski definition) is 9. The number of amides is 4. The van der Waals surface area contributed by atoms with Crippen molar-refractivity contribution in [2.24, 2.45) is 17.2 Å². The van der Waals surface area contributed by atoms with Gasteiger partial charge in [-0.05, 0) is 32.2 Å². The Kier molecular flexibility index (Phi) is 14.0. The van der Waals surface area contributed by atoms with Crippen LogP contribution in [0, 0.1) is 0 Å². The third kappa shape index (κ3) is 12.3. The van der Waals surface area contributed by atoms with Gasteiger partial charge < -0.3 is 48.3 Å². The Morgan fingerprint density at radius 1 is 0.868 bits per heavy atom. The number of carboxylic acid groups (broad SMARTS) is 2. The molecule has 1 heterocycles. The third-order valence-electron chi connectivity index (χ3n) is 5.49. The number of H-pyrrole nitrogens is 1. The molecule has 1 aromatic rings. The lowest BCUT2D eigenvalue weighted by atomic mass is 10.0. The lowest BCUT2D eigenvalue weighted by Crippen LogP contribution is -2.57. The number of imidazole rings is 1. The number of primary amides is 1. The number of carbonyl (C=O) groups excluding carboxylic acids is 4. The minimum absolute atomic E-state index is 0.141. The maximum absolute atomic E-state index is 13.1. The molecule has 1 aromatic heterocycles. The predicted molar refractivity (Wildman–Crippen MR) is 132 cm³/mol. The van der Waals surface area contributed by atoms with Gasteiger partial charge >= 0.3 is 11.9 Å². The summed E-state index contributed by atoms with van der Waals surface area (Å²) in [6.45, 7) is 0.420. The molecule has 16 nitrogen and oxygen atoms in total. The smallest absolute Gasteiger partial charge is 0.326 e. The fraction of sp³-hybridized carbons (Fsp3) is 0.591. The van der Waals surface area contributed by atoms with E-state index in [-0.39, 0.29) is 25.7 Å². The van der Waals surface area contributed by atoms with E-state index >= 15 is 0 Å². The first-order valence-electron chi connectivity index (χ1n) is 12.0. The molecule has 4 atom stereocenters. The average Bonchev–Trinajstić information content (AvgIpc) is 3.36. The number of nitrogens with two attached hydrogens (primary N) is 3. The number of aromatic nitrogens is 2. The SMILES string of the molecule is NCCCCC(N)C(=O)NC(CCC(=O)O)C(=O)NC(Cc1cnc[nH]1)C(=O)NC(CCC(N)=O)C(=O)O. The van der Waals surface area contributed by atoms with Gasteiger partial charge in [0, 0.05) is 31.2 Å². The van der Waals surface area contributed by atoms with Crippen molar-refractivity contribution in [3.63, 3.8) is 0 Å². The second-order valence-electron chi connectivity index (χ2n) is 8.63. The maximum Gasteiger partial charge on any atom is 0.326 e. The van der Waals surface area contributed by atoms with Gasteiger partial charge in [-0.3, -0.25) is 24.0 Å². The molecule has 1 rings (SSSR count). The summed E-state index contributed by atoms with van der Waals surface area (Å²) in [5, 5.41) is 25.6. The molecule has 0 fully saturated rings. The number of carbonyl (C=O) groups is 6. The van der Waals surface area contributed by atoms with Crippen molar-refractivity contribution >= 4 is 35.6 Å². The molecule has 4 unspecified atom stereocenters. The average molecular weight is 541 g/mol. The fourth-order valence-electron chi connectivity index (χ4n) is 3.37. The molecule has 0 saturated carbocycles. The van der Waals surface area contributed by atoms with Crippen molar-refractivity contribution in [1.82, 2.24) is 25.9 Å². The van der Waals surface area contributed by atoms with Gasteiger partial charge in [-0.25, -0.2) is 9.78 Å². The van der Waals surface area contributed by atoms with E-state index in [2.05, 4.69) is 25.9 Å². The second kappa shape index (κ2) is 16.6. The van der Waals surface area contributed by atoms with Crippen LogP contribution in [0.1, 0.15) is 50.6 Å². The maximum atomic E-state index is 13.1. The zero-order valence-corrected chi connectivity index (χ0v) is 20.9. The summed E-state index contributed by atoms with van der Waals surface area (Å²) >= 11 is 0. The van der Waals surface area contributed by atoms with Gasteiger partial charge in [0.05, 0.1) is 12.4 Å². The van der Waals surface area contributed by atoms with E-state index in [0.29, 0.717) is 31.5 Å². The highest BCUT2D eigenvalue weighted by Crippen LogP contribution is 2.06. The Morgan fingerprint density at radius 2 is 1.47 bits per heavy atom. The number of unbranched alkanes of at least 4 members (excludes halogenated alkanes) is 1. The molecule has 0 radical (unpaired) electrons. The third-order valence-corrected chi connectivity index (χ3v) is 5.49. The first-order chi connectivity index (χ1) is 17.9. The standard InChI is InChI=1S/C22H36N8O8/c23-8-2-1-3-13(24)19(34)28-14(5-7-18(32)33)20(35)30-16(9-12-10-26-11-27-12)21(36)29-15(22(37)38)4-6-17(25)31/h10-11,13-16H,1-9,23-24H2,(H2,25,31)(H,26,27)(H,28,34)(H,29,36)(H,30,35)(H,32,33)(H,37,38). The first-order valence-corrected chi connectivity index (χ1v) is 12.0. The minimum Gasteiger partial charge on any atom is -0.481 e. The Labute approximate surface area is 218 Å².